The quantitative estimate of drug-likeness (QED) is 0.903. The maximum Gasteiger partial charge on any atom is 0.335 e. The maximum atomic E-state index is 11.1. The Bertz CT molecular complexity index is 455. The summed E-state index contributed by atoms with van der Waals surface area (Å²) >= 11 is 3.38. The Morgan fingerprint density at radius 1 is 1.32 bits per heavy atom. The van der Waals surface area contributed by atoms with Crippen LogP contribution in [0.25, 0.3) is 0 Å². The number of halogens is 1. The van der Waals surface area contributed by atoms with Gasteiger partial charge in [-0.05, 0) is 37.0 Å². The van der Waals surface area contributed by atoms with Crippen molar-refractivity contribution >= 4 is 27.6 Å². The lowest BCUT2D eigenvalue weighted by molar-refractivity contribution is 0.0697. The smallest absolute Gasteiger partial charge is 0.335 e. The molecule has 0 aromatic heterocycles. The predicted molar refractivity (Wildman–Crippen MR) is 80.9 cm³/mol. The van der Waals surface area contributed by atoms with E-state index in [9.17, 15) is 4.79 Å². The predicted octanol–water partition coefficient (Wildman–Crippen LogP) is 4.16. The van der Waals surface area contributed by atoms with Crippen molar-refractivity contribution in [2.75, 3.05) is 18.5 Å². The minimum absolute atomic E-state index is 0.333. The Labute approximate surface area is 122 Å². The van der Waals surface area contributed by atoms with Gasteiger partial charge in [-0.1, -0.05) is 35.2 Å². The molecule has 2 rings (SSSR count). The highest BCUT2D eigenvalue weighted by atomic mass is 79.9. The van der Waals surface area contributed by atoms with E-state index in [0.29, 0.717) is 5.56 Å². The second kappa shape index (κ2) is 6.42. The molecule has 0 radical (unpaired) electrons. The molecule has 1 fully saturated rings. The molecule has 3 nitrogen and oxygen atoms in total. The zero-order chi connectivity index (χ0) is 13.8. The van der Waals surface area contributed by atoms with Gasteiger partial charge >= 0.3 is 5.97 Å². The van der Waals surface area contributed by atoms with Crippen LogP contribution >= 0.6 is 15.9 Å². The Balaban J connectivity index is 2.09. The second-order valence-corrected chi connectivity index (χ2v) is 6.30. The summed E-state index contributed by atoms with van der Waals surface area (Å²) in [4.78, 5) is 13.3. The molecular formula is C15H20BrNO2. The van der Waals surface area contributed by atoms with E-state index in [1.807, 2.05) is 13.1 Å². The van der Waals surface area contributed by atoms with E-state index in [1.165, 1.54) is 32.1 Å². The SMILES string of the molecule is CN(CC1CCCCC1)c1cc(Br)cc(C(=O)O)c1. The largest absolute Gasteiger partial charge is 0.478 e. The average molecular weight is 326 g/mol. The zero-order valence-corrected chi connectivity index (χ0v) is 12.8. The Morgan fingerprint density at radius 2 is 2.00 bits per heavy atom. The fourth-order valence-corrected chi connectivity index (χ4v) is 3.26. The highest BCUT2D eigenvalue weighted by Gasteiger charge is 2.16. The number of nitrogens with zero attached hydrogens (tertiary/aromatic N) is 1. The molecule has 0 saturated heterocycles. The fourth-order valence-electron chi connectivity index (χ4n) is 2.78. The average Bonchev–Trinajstić information content (AvgIpc) is 2.39. The lowest BCUT2D eigenvalue weighted by Gasteiger charge is -2.28. The first kappa shape index (κ1) is 14.4. The van der Waals surface area contributed by atoms with Gasteiger partial charge in [-0.2, -0.15) is 0 Å². The first-order valence-electron chi connectivity index (χ1n) is 6.81. The molecule has 0 unspecified atom stereocenters. The number of aromatic carboxylic acids is 1. The van der Waals surface area contributed by atoms with Crippen molar-refractivity contribution in [2.45, 2.75) is 32.1 Å². The van der Waals surface area contributed by atoms with Crippen LogP contribution in [-0.4, -0.2) is 24.7 Å². The standard InChI is InChI=1S/C15H20BrNO2/c1-17(10-11-5-3-2-4-6-11)14-8-12(15(18)19)7-13(16)9-14/h7-9,11H,2-6,10H2,1H3,(H,18,19). The number of carboxylic acids is 1. The highest BCUT2D eigenvalue weighted by molar-refractivity contribution is 9.10. The molecule has 4 heteroatoms. The molecule has 1 aliphatic rings. The molecule has 0 spiro atoms. The van der Waals surface area contributed by atoms with E-state index >= 15 is 0 Å². The Morgan fingerprint density at radius 3 is 2.63 bits per heavy atom. The first-order chi connectivity index (χ1) is 9.06. The summed E-state index contributed by atoms with van der Waals surface area (Å²) in [5.41, 5.74) is 1.30. The van der Waals surface area contributed by atoms with Crippen LogP contribution in [0.5, 0.6) is 0 Å². The molecular weight excluding hydrogens is 306 g/mol. The summed E-state index contributed by atoms with van der Waals surface area (Å²) in [6.07, 6.45) is 6.61. The van der Waals surface area contributed by atoms with Gasteiger partial charge in [0, 0.05) is 23.8 Å². The van der Waals surface area contributed by atoms with Gasteiger partial charge in [0.2, 0.25) is 0 Å². The Hall–Kier alpha value is -1.03. The van der Waals surface area contributed by atoms with Crippen LogP contribution in [0, 0.1) is 5.92 Å². The molecule has 0 amide bonds. The van der Waals surface area contributed by atoms with Gasteiger partial charge in [-0.3, -0.25) is 0 Å². The van der Waals surface area contributed by atoms with Gasteiger partial charge in [0.15, 0.2) is 0 Å². The number of benzene rings is 1. The van der Waals surface area contributed by atoms with Gasteiger partial charge < -0.3 is 10.0 Å². The first-order valence-corrected chi connectivity index (χ1v) is 7.60. The molecule has 19 heavy (non-hydrogen) atoms. The van der Waals surface area contributed by atoms with E-state index in [4.69, 9.17) is 5.11 Å². The van der Waals surface area contributed by atoms with Gasteiger partial charge in [0.25, 0.3) is 0 Å². The zero-order valence-electron chi connectivity index (χ0n) is 11.2. The van der Waals surface area contributed by atoms with Crippen LogP contribution in [0.3, 0.4) is 0 Å². The molecule has 0 bridgehead atoms. The summed E-state index contributed by atoms with van der Waals surface area (Å²) in [7, 11) is 2.04. The van der Waals surface area contributed by atoms with Crippen molar-refractivity contribution in [3.8, 4) is 0 Å². The molecule has 1 aromatic carbocycles. The molecule has 0 heterocycles. The molecule has 0 aliphatic heterocycles. The number of carboxylic acid groups (broad SMARTS) is 1. The molecule has 1 N–H and O–H groups in total. The van der Waals surface area contributed by atoms with Gasteiger partial charge in [0.1, 0.15) is 0 Å². The van der Waals surface area contributed by atoms with Crippen LogP contribution in [0.1, 0.15) is 42.5 Å². The lowest BCUT2D eigenvalue weighted by atomic mass is 9.89. The normalized spacial score (nSPS) is 16.3. The second-order valence-electron chi connectivity index (χ2n) is 5.39. The van der Waals surface area contributed by atoms with E-state index in [1.54, 1.807) is 12.1 Å². The van der Waals surface area contributed by atoms with Crippen LogP contribution in [0.15, 0.2) is 22.7 Å². The summed E-state index contributed by atoms with van der Waals surface area (Å²) in [5.74, 6) is -0.139. The van der Waals surface area contributed by atoms with Gasteiger partial charge in [0.05, 0.1) is 5.56 Å². The van der Waals surface area contributed by atoms with Crippen molar-refractivity contribution in [3.05, 3.63) is 28.2 Å². The van der Waals surface area contributed by atoms with Gasteiger partial charge in [-0.15, -0.1) is 0 Å². The van der Waals surface area contributed by atoms with Crippen molar-refractivity contribution in [2.24, 2.45) is 5.92 Å². The van der Waals surface area contributed by atoms with E-state index in [2.05, 4.69) is 20.8 Å². The van der Waals surface area contributed by atoms with Crippen molar-refractivity contribution in [1.82, 2.24) is 0 Å². The van der Waals surface area contributed by atoms with Crippen molar-refractivity contribution < 1.29 is 9.90 Å². The van der Waals surface area contributed by atoms with Gasteiger partial charge in [-0.25, -0.2) is 4.79 Å². The van der Waals surface area contributed by atoms with Crippen LogP contribution in [0.4, 0.5) is 5.69 Å². The summed E-state index contributed by atoms with van der Waals surface area (Å²) in [6.45, 7) is 1.01. The minimum atomic E-state index is -0.881. The molecule has 104 valence electrons. The monoisotopic (exact) mass is 325 g/mol. The topological polar surface area (TPSA) is 40.5 Å². The van der Waals surface area contributed by atoms with Crippen LogP contribution in [0.2, 0.25) is 0 Å². The number of anilines is 1. The third-order valence-corrected chi connectivity index (χ3v) is 4.28. The molecule has 1 saturated carbocycles. The fraction of sp³-hybridized carbons (Fsp3) is 0.533. The number of rotatable bonds is 4. The summed E-state index contributed by atoms with van der Waals surface area (Å²) in [5, 5.41) is 9.10. The maximum absolute atomic E-state index is 11.1. The molecule has 1 aromatic rings. The minimum Gasteiger partial charge on any atom is -0.478 e. The summed E-state index contributed by atoms with van der Waals surface area (Å²) in [6, 6.07) is 5.37. The number of hydrogen-bond acceptors (Lipinski definition) is 2. The van der Waals surface area contributed by atoms with E-state index in [0.717, 1.165) is 22.6 Å². The third kappa shape index (κ3) is 3.96. The van der Waals surface area contributed by atoms with Crippen LogP contribution in [-0.2, 0) is 0 Å². The molecule has 0 atom stereocenters. The molecule has 1 aliphatic carbocycles. The highest BCUT2D eigenvalue weighted by Crippen LogP contribution is 2.27. The Kier molecular flexibility index (Phi) is 4.86. The summed E-state index contributed by atoms with van der Waals surface area (Å²) < 4.78 is 0.817. The lowest BCUT2D eigenvalue weighted by Crippen LogP contribution is -2.27. The van der Waals surface area contributed by atoms with Crippen molar-refractivity contribution in [1.29, 1.82) is 0 Å². The van der Waals surface area contributed by atoms with E-state index < -0.39 is 5.97 Å². The number of carbonyl (C=O) groups is 1. The third-order valence-electron chi connectivity index (χ3n) is 3.83. The van der Waals surface area contributed by atoms with Crippen molar-refractivity contribution in [3.63, 3.8) is 0 Å². The van der Waals surface area contributed by atoms with E-state index in [-0.39, 0.29) is 0 Å². The number of hydrogen-bond donors (Lipinski definition) is 1. The van der Waals surface area contributed by atoms with Crippen LogP contribution < -0.4 is 4.90 Å².